The second kappa shape index (κ2) is 7.84. The van der Waals surface area contributed by atoms with Crippen molar-refractivity contribution in [1.29, 1.82) is 0 Å². The Balaban J connectivity index is 1.44. The van der Waals surface area contributed by atoms with Crippen molar-refractivity contribution < 1.29 is 4.79 Å². The monoisotopic (exact) mass is 412 g/mol. The van der Waals surface area contributed by atoms with Gasteiger partial charge >= 0.3 is 0 Å². The zero-order chi connectivity index (χ0) is 20.3. The Bertz CT molecular complexity index is 1310. The number of rotatable bonds is 5. The lowest BCUT2D eigenvalue weighted by Crippen LogP contribution is -2.13. The first-order chi connectivity index (χ1) is 14.8. The molecule has 0 unspecified atom stereocenters. The van der Waals surface area contributed by atoms with E-state index >= 15 is 0 Å². The fraction of sp³-hybridized carbons (Fsp3) is 0.0455. The molecule has 0 saturated carbocycles. The molecule has 5 rings (SSSR count). The Kier molecular flexibility index (Phi) is 4.74. The van der Waals surface area contributed by atoms with Gasteiger partial charge in [0.05, 0.1) is 12.1 Å². The number of anilines is 1. The van der Waals surface area contributed by atoms with E-state index in [4.69, 9.17) is 5.10 Å². The van der Waals surface area contributed by atoms with Crippen LogP contribution in [0.25, 0.3) is 28.3 Å². The van der Waals surface area contributed by atoms with E-state index in [1.54, 1.807) is 28.2 Å². The van der Waals surface area contributed by atoms with Crippen LogP contribution in [-0.2, 0) is 11.2 Å². The first-order valence-electron chi connectivity index (χ1n) is 9.32. The van der Waals surface area contributed by atoms with Gasteiger partial charge in [0.1, 0.15) is 0 Å². The van der Waals surface area contributed by atoms with Crippen LogP contribution in [0.1, 0.15) is 4.88 Å². The number of hydrogen-bond donors (Lipinski definition) is 1. The Morgan fingerprint density at radius 1 is 0.967 bits per heavy atom. The number of aromatic nitrogens is 5. The standard InChI is InChI=1S/C22H16N6OS/c29-21(14-18-5-2-12-30-18)24-17-4-1-3-16(13-17)19-6-7-20-25-26-22(28(20)27-19)15-8-10-23-11-9-15/h1-13H,14H2,(H,24,29). The van der Waals surface area contributed by atoms with Gasteiger partial charge in [0.2, 0.25) is 5.91 Å². The minimum absolute atomic E-state index is 0.0446. The Labute approximate surface area is 176 Å². The third-order valence-electron chi connectivity index (χ3n) is 4.56. The van der Waals surface area contributed by atoms with E-state index in [0.717, 1.165) is 27.4 Å². The van der Waals surface area contributed by atoms with Gasteiger partial charge < -0.3 is 5.32 Å². The van der Waals surface area contributed by atoms with Gasteiger partial charge in [0.25, 0.3) is 0 Å². The molecule has 0 fully saturated rings. The van der Waals surface area contributed by atoms with Gasteiger partial charge in [-0.1, -0.05) is 18.2 Å². The fourth-order valence-electron chi connectivity index (χ4n) is 3.16. The number of amides is 1. The van der Waals surface area contributed by atoms with Crippen molar-refractivity contribution in [2.75, 3.05) is 5.32 Å². The SMILES string of the molecule is O=C(Cc1cccs1)Nc1cccc(-c2ccc3nnc(-c4ccncc4)n3n2)c1. The molecular weight excluding hydrogens is 396 g/mol. The van der Waals surface area contributed by atoms with Crippen LogP contribution >= 0.6 is 11.3 Å². The van der Waals surface area contributed by atoms with Gasteiger partial charge in [-0.15, -0.1) is 21.5 Å². The number of carbonyl (C=O) groups is 1. The summed E-state index contributed by atoms with van der Waals surface area (Å²) in [5.74, 6) is 0.603. The summed E-state index contributed by atoms with van der Waals surface area (Å²) in [5.41, 5.74) is 3.92. The summed E-state index contributed by atoms with van der Waals surface area (Å²) in [6, 6.07) is 19.1. The molecule has 1 N–H and O–H groups in total. The van der Waals surface area contributed by atoms with Gasteiger partial charge in [-0.3, -0.25) is 9.78 Å². The van der Waals surface area contributed by atoms with Crippen molar-refractivity contribution in [3.05, 3.63) is 83.3 Å². The first kappa shape index (κ1) is 18.1. The highest BCUT2D eigenvalue weighted by Crippen LogP contribution is 2.23. The Morgan fingerprint density at radius 3 is 2.70 bits per heavy atom. The van der Waals surface area contributed by atoms with Crippen LogP contribution < -0.4 is 5.32 Å². The molecule has 1 aromatic carbocycles. The average Bonchev–Trinajstić information content (AvgIpc) is 3.43. The molecule has 4 aromatic heterocycles. The molecule has 0 saturated heterocycles. The van der Waals surface area contributed by atoms with E-state index in [1.807, 2.05) is 66.0 Å². The maximum atomic E-state index is 12.3. The maximum absolute atomic E-state index is 12.3. The second-order valence-electron chi connectivity index (χ2n) is 6.63. The zero-order valence-electron chi connectivity index (χ0n) is 15.8. The number of pyridine rings is 1. The van der Waals surface area contributed by atoms with Gasteiger partial charge in [-0.25, -0.2) is 0 Å². The third-order valence-corrected chi connectivity index (χ3v) is 5.43. The summed E-state index contributed by atoms with van der Waals surface area (Å²) >= 11 is 1.57. The van der Waals surface area contributed by atoms with Crippen molar-refractivity contribution in [1.82, 2.24) is 24.8 Å². The average molecular weight is 412 g/mol. The lowest BCUT2D eigenvalue weighted by Gasteiger charge is -2.08. The molecule has 4 heterocycles. The molecule has 0 atom stereocenters. The molecule has 146 valence electrons. The summed E-state index contributed by atoms with van der Waals surface area (Å²) in [4.78, 5) is 17.4. The summed E-state index contributed by atoms with van der Waals surface area (Å²) in [6.45, 7) is 0. The molecule has 1 amide bonds. The number of thiophene rings is 1. The maximum Gasteiger partial charge on any atom is 0.229 e. The summed E-state index contributed by atoms with van der Waals surface area (Å²) in [7, 11) is 0. The van der Waals surface area contributed by atoms with Crippen LogP contribution in [0.5, 0.6) is 0 Å². The molecule has 0 aliphatic heterocycles. The Hall–Kier alpha value is -3.91. The normalized spacial score (nSPS) is 10.9. The molecule has 0 spiro atoms. The lowest BCUT2D eigenvalue weighted by atomic mass is 10.1. The van der Waals surface area contributed by atoms with Crippen LogP contribution in [0.2, 0.25) is 0 Å². The third kappa shape index (κ3) is 3.68. The number of nitrogens with one attached hydrogen (secondary N) is 1. The highest BCUT2D eigenvalue weighted by Gasteiger charge is 2.11. The molecular formula is C22H16N6OS. The van der Waals surface area contributed by atoms with E-state index in [-0.39, 0.29) is 5.91 Å². The van der Waals surface area contributed by atoms with Crippen LogP contribution in [0, 0.1) is 0 Å². The van der Waals surface area contributed by atoms with Gasteiger partial charge in [-0.2, -0.15) is 9.61 Å². The molecule has 0 bridgehead atoms. The van der Waals surface area contributed by atoms with E-state index in [2.05, 4.69) is 20.5 Å². The van der Waals surface area contributed by atoms with Crippen molar-refractivity contribution in [2.45, 2.75) is 6.42 Å². The Morgan fingerprint density at radius 2 is 1.87 bits per heavy atom. The number of nitrogens with zero attached hydrogens (tertiary/aromatic N) is 5. The van der Waals surface area contributed by atoms with E-state index < -0.39 is 0 Å². The predicted octanol–water partition coefficient (Wildman–Crippen LogP) is 4.10. The van der Waals surface area contributed by atoms with Gasteiger partial charge in [-0.05, 0) is 47.8 Å². The van der Waals surface area contributed by atoms with Crippen molar-refractivity contribution in [3.63, 3.8) is 0 Å². The molecule has 0 aliphatic carbocycles. The lowest BCUT2D eigenvalue weighted by molar-refractivity contribution is -0.115. The number of carbonyl (C=O) groups excluding carboxylic acids is 1. The van der Waals surface area contributed by atoms with Gasteiger partial charge in [0.15, 0.2) is 11.5 Å². The molecule has 0 aliphatic rings. The van der Waals surface area contributed by atoms with E-state index in [9.17, 15) is 4.79 Å². The molecule has 5 aromatic rings. The van der Waals surface area contributed by atoms with E-state index in [1.165, 1.54) is 0 Å². The zero-order valence-corrected chi connectivity index (χ0v) is 16.6. The minimum atomic E-state index is -0.0446. The van der Waals surface area contributed by atoms with Crippen LogP contribution in [0.4, 0.5) is 5.69 Å². The van der Waals surface area contributed by atoms with Crippen molar-refractivity contribution >= 4 is 28.6 Å². The van der Waals surface area contributed by atoms with E-state index in [0.29, 0.717) is 17.9 Å². The minimum Gasteiger partial charge on any atom is -0.326 e. The first-order valence-corrected chi connectivity index (χ1v) is 10.2. The van der Waals surface area contributed by atoms with Crippen LogP contribution in [-0.4, -0.2) is 30.7 Å². The molecule has 8 heteroatoms. The number of fused-ring (bicyclic) bond motifs is 1. The van der Waals surface area contributed by atoms with Gasteiger partial charge in [0, 0.05) is 34.1 Å². The highest BCUT2D eigenvalue weighted by molar-refractivity contribution is 7.10. The van der Waals surface area contributed by atoms with Crippen molar-refractivity contribution in [3.8, 4) is 22.6 Å². The summed E-state index contributed by atoms with van der Waals surface area (Å²) in [5, 5.41) is 18.1. The topological polar surface area (TPSA) is 85.1 Å². The molecule has 7 nitrogen and oxygen atoms in total. The second-order valence-corrected chi connectivity index (χ2v) is 7.67. The quantitative estimate of drug-likeness (QED) is 0.470. The summed E-state index contributed by atoms with van der Waals surface area (Å²) in [6.07, 6.45) is 3.79. The van der Waals surface area contributed by atoms with Crippen LogP contribution in [0.3, 0.4) is 0 Å². The molecule has 0 radical (unpaired) electrons. The van der Waals surface area contributed by atoms with Crippen LogP contribution in [0.15, 0.2) is 78.4 Å². The number of hydrogen-bond acceptors (Lipinski definition) is 6. The summed E-state index contributed by atoms with van der Waals surface area (Å²) < 4.78 is 1.71. The predicted molar refractivity (Wildman–Crippen MR) is 116 cm³/mol. The fourth-order valence-corrected chi connectivity index (χ4v) is 3.86. The number of benzene rings is 1. The highest BCUT2D eigenvalue weighted by atomic mass is 32.1. The largest absolute Gasteiger partial charge is 0.326 e. The molecule has 30 heavy (non-hydrogen) atoms. The van der Waals surface area contributed by atoms with Crippen molar-refractivity contribution in [2.24, 2.45) is 0 Å². The smallest absolute Gasteiger partial charge is 0.229 e.